The van der Waals surface area contributed by atoms with Crippen molar-refractivity contribution in [2.45, 2.75) is 66.1 Å². The minimum absolute atomic E-state index is 0.172. The Kier molecular flexibility index (Phi) is 5.98. The van der Waals surface area contributed by atoms with Crippen molar-refractivity contribution < 1.29 is 14.3 Å². The van der Waals surface area contributed by atoms with E-state index in [0.717, 1.165) is 12.8 Å². The van der Waals surface area contributed by atoms with Gasteiger partial charge < -0.3 is 9.47 Å². The molecule has 2 rings (SSSR count). The fourth-order valence-corrected chi connectivity index (χ4v) is 2.79. The second kappa shape index (κ2) is 7.53. The van der Waals surface area contributed by atoms with Crippen LogP contribution in [-0.2, 0) is 9.47 Å². The lowest BCUT2D eigenvalue weighted by atomic mass is 9.86. The molecule has 0 aliphatic heterocycles. The number of fused-ring (bicyclic) bond motifs is 1. The van der Waals surface area contributed by atoms with Gasteiger partial charge in [0, 0.05) is 19.4 Å². The summed E-state index contributed by atoms with van der Waals surface area (Å²) in [6.45, 7) is 12.2. The molecule has 0 saturated heterocycles. The number of methoxy groups -OCH3 is 1. The zero-order valence-corrected chi connectivity index (χ0v) is 17.3. The van der Waals surface area contributed by atoms with Gasteiger partial charge in [0.1, 0.15) is 11.2 Å². The Morgan fingerprint density at radius 1 is 1.27 bits per heavy atom. The average molecular weight is 382 g/mol. The molecule has 0 saturated carbocycles. The van der Waals surface area contributed by atoms with E-state index in [1.165, 1.54) is 10.7 Å². The Morgan fingerprint density at radius 2 is 1.92 bits per heavy atom. The summed E-state index contributed by atoms with van der Waals surface area (Å²) in [6.07, 6.45) is 2.83. The molecule has 2 aromatic rings. The monoisotopic (exact) mass is 381 g/mol. The van der Waals surface area contributed by atoms with Crippen LogP contribution < -0.4 is 0 Å². The van der Waals surface area contributed by atoms with Gasteiger partial charge in [-0.3, -0.25) is 0 Å². The molecule has 0 aliphatic rings. The van der Waals surface area contributed by atoms with Gasteiger partial charge in [-0.1, -0.05) is 32.4 Å². The van der Waals surface area contributed by atoms with Crippen LogP contribution in [0, 0.1) is 5.41 Å². The normalized spacial score (nSPS) is 13.8. The third-order valence-corrected chi connectivity index (χ3v) is 4.48. The molecule has 2 aromatic heterocycles. The number of esters is 1. The van der Waals surface area contributed by atoms with E-state index in [9.17, 15) is 4.79 Å². The van der Waals surface area contributed by atoms with Crippen LogP contribution in [0.2, 0.25) is 5.15 Å². The maximum absolute atomic E-state index is 12.9. The van der Waals surface area contributed by atoms with Gasteiger partial charge in [-0.15, -0.1) is 0 Å². The minimum Gasteiger partial charge on any atom is -0.456 e. The number of aromatic nitrogens is 3. The predicted octanol–water partition coefficient (Wildman–Crippen LogP) is 4.85. The molecule has 1 atom stereocenters. The van der Waals surface area contributed by atoms with Crippen molar-refractivity contribution in [1.29, 1.82) is 0 Å². The van der Waals surface area contributed by atoms with E-state index in [4.69, 9.17) is 21.1 Å². The Labute approximate surface area is 159 Å². The zero-order chi connectivity index (χ0) is 19.7. The SMILES string of the molecule is CO[C@@H](C)c1c(C(=O)OC(C)(C)CCC(C)(C)C)cnc2cc(Cl)nn12. The van der Waals surface area contributed by atoms with Crippen molar-refractivity contribution in [3.8, 4) is 0 Å². The van der Waals surface area contributed by atoms with Crippen LogP contribution in [0.3, 0.4) is 0 Å². The summed E-state index contributed by atoms with van der Waals surface area (Å²) in [6, 6.07) is 1.63. The van der Waals surface area contributed by atoms with E-state index in [-0.39, 0.29) is 11.5 Å². The highest BCUT2D eigenvalue weighted by Crippen LogP contribution is 2.29. The number of hydrogen-bond donors (Lipinski definition) is 0. The summed E-state index contributed by atoms with van der Waals surface area (Å²) in [5.74, 6) is -0.441. The molecule has 2 heterocycles. The number of rotatable bonds is 6. The van der Waals surface area contributed by atoms with Crippen LogP contribution in [0.5, 0.6) is 0 Å². The van der Waals surface area contributed by atoms with Crippen LogP contribution in [0.4, 0.5) is 0 Å². The summed E-state index contributed by atoms with van der Waals surface area (Å²) >= 11 is 6.00. The maximum Gasteiger partial charge on any atom is 0.342 e. The predicted molar refractivity (Wildman–Crippen MR) is 102 cm³/mol. The minimum atomic E-state index is -0.589. The Morgan fingerprint density at radius 3 is 2.50 bits per heavy atom. The fourth-order valence-electron chi connectivity index (χ4n) is 2.62. The number of carbonyl (C=O) groups is 1. The summed E-state index contributed by atoms with van der Waals surface area (Å²) in [7, 11) is 1.57. The number of nitrogens with zero attached hydrogens (tertiary/aromatic N) is 3. The summed E-state index contributed by atoms with van der Waals surface area (Å²) < 4.78 is 12.8. The van der Waals surface area contributed by atoms with Gasteiger partial charge in [-0.05, 0) is 39.0 Å². The lowest BCUT2D eigenvalue weighted by Gasteiger charge is -2.29. The molecular formula is C19H28ClN3O3. The van der Waals surface area contributed by atoms with Crippen molar-refractivity contribution >= 4 is 23.2 Å². The Bertz CT molecular complexity index is 793. The first-order valence-corrected chi connectivity index (χ1v) is 9.12. The molecule has 0 bridgehead atoms. The molecule has 0 aliphatic carbocycles. The van der Waals surface area contributed by atoms with E-state index in [1.807, 2.05) is 20.8 Å². The highest BCUT2D eigenvalue weighted by atomic mass is 35.5. The number of ether oxygens (including phenoxy) is 2. The molecule has 0 amide bonds. The molecular weight excluding hydrogens is 354 g/mol. The van der Waals surface area contributed by atoms with Gasteiger partial charge in [0.25, 0.3) is 0 Å². The molecule has 0 fully saturated rings. The highest BCUT2D eigenvalue weighted by Gasteiger charge is 2.29. The Hall–Kier alpha value is -1.66. The third-order valence-electron chi connectivity index (χ3n) is 4.30. The van der Waals surface area contributed by atoms with E-state index >= 15 is 0 Å². The van der Waals surface area contributed by atoms with Gasteiger partial charge in [0.15, 0.2) is 10.8 Å². The molecule has 26 heavy (non-hydrogen) atoms. The van der Waals surface area contributed by atoms with Crippen molar-refractivity contribution in [1.82, 2.24) is 14.6 Å². The molecule has 0 spiro atoms. The average Bonchev–Trinajstić information content (AvgIpc) is 2.90. The van der Waals surface area contributed by atoms with Crippen molar-refractivity contribution in [2.24, 2.45) is 5.41 Å². The molecule has 0 radical (unpaired) electrons. The first-order valence-electron chi connectivity index (χ1n) is 8.74. The van der Waals surface area contributed by atoms with Crippen LogP contribution in [0.1, 0.15) is 76.5 Å². The van der Waals surface area contributed by atoms with E-state index < -0.39 is 11.6 Å². The van der Waals surface area contributed by atoms with Gasteiger partial charge in [0.2, 0.25) is 0 Å². The summed E-state index contributed by atoms with van der Waals surface area (Å²) in [5, 5.41) is 4.53. The standard InChI is InChI=1S/C19H28ClN3O3/c1-12(25-7)16-13(11-21-15-10-14(20)22-23(15)16)17(24)26-19(5,6)9-8-18(2,3)4/h10-12H,8-9H2,1-7H3/t12-/m0/s1. The molecule has 0 aromatic carbocycles. The van der Waals surface area contributed by atoms with Crippen LogP contribution in [-0.4, -0.2) is 33.3 Å². The number of carbonyl (C=O) groups excluding carboxylic acids is 1. The first kappa shape index (κ1) is 20.6. The summed E-state index contributed by atoms with van der Waals surface area (Å²) in [5.41, 5.74) is 1.04. The smallest absolute Gasteiger partial charge is 0.342 e. The van der Waals surface area contributed by atoms with E-state index in [2.05, 4.69) is 30.9 Å². The fraction of sp³-hybridized carbons (Fsp3) is 0.632. The number of halogens is 1. The second-order valence-corrected chi connectivity index (χ2v) is 8.77. The molecule has 144 valence electrons. The molecule has 0 unspecified atom stereocenters. The Balaban J connectivity index is 2.34. The van der Waals surface area contributed by atoms with Crippen molar-refractivity contribution in [3.05, 3.63) is 28.7 Å². The van der Waals surface area contributed by atoms with Gasteiger partial charge >= 0.3 is 5.97 Å². The van der Waals surface area contributed by atoms with Crippen LogP contribution in [0.15, 0.2) is 12.3 Å². The van der Waals surface area contributed by atoms with Crippen LogP contribution in [0.25, 0.3) is 5.65 Å². The highest BCUT2D eigenvalue weighted by molar-refractivity contribution is 6.29. The van der Waals surface area contributed by atoms with Crippen LogP contribution >= 0.6 is 11.6 Å². The van der Waals surface area contributed by atoms with Gasteiger partial charge in [-0.25, -0.2) is 14.3 Å². The van der Waals surface area contributed by atoms with Crippen molar-refractivity contribution in [2.75, 3.05) is 7.11 Å². The van der Waals surface area contributed by atoms with Gasteiger partial charge in [0.05, 0.1) is 11.8 Å². The lowest BCUT2D eigenvalue weighted by Crippen LogP contribution is -2.30. The quantitative estimate of drug-likeness (QED) is 0.669. The molecule has 6 nitrogen and oxygen atoms in total. The first-order chi connectivity index (χ1) is 11.9. The van der Waals surface area contributed by atoms with E-state index in [0.29, 0.717) is 22.1 Å². The molecule has 0 N–H and O–H groups in total. The topological polar surface area (TPSA) is 65.7 Å². The van der Waals surface area contributed by atoms with Crippen molar-refractivity contribution in [3.63, 3.8) is 0 Å². The maximum atomic E-state index is 12.9. The van der Waals surface area contributed by atoms with E-state index in [1.54, 1.807) is 13.2 Å². The second-order valence-electron chi connectivity index (χ2n) is 8.38. The lowest BCUT2D eigenvalue weighted by molar-refractivity contribution is -0.00953. The summed E-state index contributed by atoms with van der Waals surface area (Å²) in [4.78, 5) is 17.2. The third kappa shape index (κ3) is 4.95. The molecule has 7 heteroatoms. The number of hydrogen-bond acceptors (Lipinski definition) is 5. The zero-order valence-electron chi connectivity index (χ0n) is 16.6. The largest absolute Gasteiger partial charge is 0.456 e. The van der Waals surface area contributed by atoms with Gasteiger partial charge in [-0.2, -0.15) is 5.10 Å².